The van der Waals surface area contributed by atoms with Crippen molar-refractivity contribution in [3.8, 4) is 5.75 Å². The number of carbonyl (C=O) groups is 2. The molecule has 1 aromatic heterocycles. The van der Waals surface area contributed by atoms with Crippen LogP contribution in [0.1, 0.15) is 43.8 Å². The van der Waals surface area contributed by atoms with Crippen LogP contribution in [0.25, 0.3) is 0 Å². The van der Waals surface area contributed by atoms with Crippen molar-refractivity contribution in [2.75, 3.05) is 17.7 Å². The van der Waals surface area contributed by atoms with E-state index in [-0.39, 0.29) is 11.8 Å². The molecule has 0 bridgehead atoms. The lowest BCUT2D eigenvalue weighted by Crippen LogP contribution is -2.13. The summed E-state index contributed by atoms with van der Waals surface area (Å²) in [5, 5.41) is 5.78. The van der Waals surface area contributed by atoms with E-state index in [1.807, 2.05) is 18.2 Å². The number of para-hydroxylation sites is 2. The lowest BCUT2D eigenvalue weighted by molar-refractivity contribution is 0.102. The first-order valence-corrected chi connectivity index (χ1v) is 10.8. The summed E-state index contributed by atoms with van der Waals surface area (Å²) in [6.07, 6.45) is 3.30. The third-order valence-electron chi connectivity index (χ3n) is 5.31. The molecule has 2 aromatic carbocycles. The first-order valence-electron chi connectivity index (χ1n) is 10.0. The van der Waals surface area contributed by atoms with Crippen molar-refractivity contribution >= 4 is 34.5 Å². The number of anilines is 2. The average molecular weight is 421 g/mol. The largest absolute Gasteiger partial charge is 0.495 e. The lowest BCUT2D eigenvalue weighted by atomic mass is 9.90. The number of fused-ring (bicyclic) bond motifs is 1. The van der Waals surface area contributed by atoms with Crippen molar-refractivity contribution in [3.05, 3.63) is 75.5 Å². The van der Waals surface area contributed by atoms with Crippen LogP contribution in [0.2, 0.25) is 0 Å². The Kier molecular flexibility index (Phi) is 5.86. The molecule has 1 aliphatic rings. The molecule has 0 aliphatic heterocycles. The summed E-state index contributed by atoms with van der Waals surface area (Å²) in [5.74, 6) is 0.936. The number of aryl methyl sites for hydroxylation is 1. The fraction of sp³-hybridized carbons (Fsp3) is 0.250. The SMILES string of the molecule is COc1ccccc1NC(=O)c1ccc(NC(=O)c2cc3c(s2)CC[C@@H](C)C3)cc1. The Bertz CT molecular complexity index is 1070. The van der Waals surface area contributed by atoms with Gasteiger partial charge in [0.2, 0.25) is 0 Å². The highest BCUT2D eigenvalue weighted by Gasteiger charge is 2.20. The molecule has 1 heterocycles. The molecule has 2 N–H and O–H groups in total. The number of carbonyl (C=O) groups excluding carboxylic acids is 2. The number of methoxy groups -OCH3 is 1. The summed E-state index contributed by atoms with van der Waals surface area (Å²) in [7, 11) is 1.56. The number of nitrogens with one attached hydrogen (secondary N) is 2. The molecule has 0 saturated heterocycles. The molecule has 154 valence electrons. The molecule has 1 atom stereocenters. The van der Waals surface area contributed by atoms with E-state index in [0.717, 1.165) is 17.7 Å². The highest BCUT2D eigenvalue weighted by atomic mass is 32.1. The van der Waals surface area contributed by atoms with Crippen LogP contribution < -0.4 is 15.4 Å². The van der Waals surface area contributed by atoms with Gasteiger partial charge in [-0.25, -0.2) is 0 Å². The average Bonchev–Trinajstić information content (AvgIpc) is 3.18. The first kappa shape index (κ1) is 20.2. The quantitative estimate of drug-likeness (QED) is 0.582. The monoisotopic (exact) mass is 420 g/mol. The Morgan fingerprint density at radius 2 is 1.80 bits per heavy atom. The molecule has 0 saturated carbocycles. The summed E-state index contributed by atoms with van der Waals surface area (Å²) in [6.45, 7) is 2.26. The second-order valence-electron chi connectivity index (χ2n) is 7.59. The van der Waals surface area contributed by atoms with E-state index < -0.39 is 0 Å². The fourth-order valence-electron chi connectivity index (χ4n) is 3.66. The van der Waals surface area contributed by atoms with Crippen molar-refractivity contribution in [2.24, 2.45) is 5.92 Å². The van der Waals surface area contributed by atoms with Crippen molar-refractivity contribution in [3.63, 3.8) is 0 Å². The highest BCUT2D eigenvalue weighted by molar-refractivity contribution is 7.14. The minimum Gasteiger partial charge on any atom is -0.495 e. The minimum atomic E-state index is -0.238. The third-order valence-corrected chi connectivity index (χ3v) is 6.55. The molecule has 0 spiro atoms. The third kappa shape index (κ3) is 4.39. The predicted molar refractivity (Wildman–Crippen MR) is 121 cm³/mol. The number of benzene rings is 2. The van der Waals surface area contributed by atoms with E-state index >= 15 is 0 Å². The second kappa shape index (κ2) is 8.71. The molecule has 30 heavy (non-hydrogen) atoms. The zero-order valence-corrected chi connectivity index (χ0v) is 17.8. The number of hydrogen-bond acceptors (Lipinski definition) is 4. The number of thiophene rings is 1. The Balaban J connectivity index is 1.41. The zero-order valence-electron chi connectivity index (χ0n) is 17.0. The van der Waals surface area contributed by atoms with Gasteiger partial charge in [-0.15, -0.1) is 11.3 Å². The van der Waals surface area contributed by atoms with Crippen LogP contribution in [-0.2, 0) is 12.8 Å². The highest BCUT2D eigenvalue weighted by Crippen LogP contribution is 2.32. The Morgan fingerprint density at radius 3 is 2.57 bits per heavy atom. The smallest absolute Gasteiger partial charge is 0.265 e. The maximum absolute atomic E-state index is 12.7. The van der Waals surface area contributed by atoms with Gasteiger partial charge in [0.15, 0.2) is 0 Å². The van der Waals surface area contributed by atoms with Gasteiger partial charge in [0.1, 0.15) is 5.75 Å². The zero-order chi connectivity index (χ0) is 21.1. The predicted octanol–water partition coefficient (Wildman–Crippen LogP) is 5.39. The second-order valence-corrected chi connectivity index (χ2v) is 8.73. The Labute approximate surface area is 180 Å². The van der Waals surface area contributed by atoms with Gasteiger partial charge in [0, 0.05) is 16.1 Å². The fourth-order valence-corrected chi connectivity index (χ4v) is 4.76. The molecule has 5 nitrogen and oxygen atoms in total. The van der Waals surface area contributed by atoms with E-state index in [9.17, 15) is 9.59 Å². The molecule has 6 heteroatoms. The normalized spacial score (nSPS) is 15.2. The molecule has 1 aliphatic carbocycles. The van der Waals surface area contributed by atoms with Crippen LogP contribution in [0.3, 0.4) is 0 Å². The molecule has 2 amide bonds. The van der Waals surface area contributed by atoms with Gasteiger partial charge in [-0.1, -0.05) is 19.1 Å². The summed E-state index contributed by atoms with van der Waals surface area (Å²) in [6, 6.07) is 16.2. The van der Waals surface area contributed by atoms with Crippen LogP contribution in [0.5, 0.6) is 5.75 Å². The van der Waals surface area contributed by atoms with Gasteiger partial charge >= 0.3 is 0 Å². The van der Waals surface area contributed by atoms with Gasteiger partial charge in [0.05, 0.1) is 17.7 Å². The molecular formula is C24H24N2O3S. The molecule has 0 fully saturated rings. The number of rotatable bonds is 5. The summed E-state index contributed by atoms with van der Waals surface area (Å²) >= 11 is 1.59. The van der Waals surface area contributed by atoms with Gasteiger partial charge < -0.3 is 15.4 Å². The summed E-state index contributed by atoms with van der Waals surface area (Å²) < 4.78 is 5.26. The summed E-state index contributed by atoms with van der Waals surface area (Å²) in [5.41, 5.74) is 3.08. The maximum Gasteiger partial charge on any atom is 0.265 e. The van der Waals surface area contributed by atoms with Crippen LogP contribution in [-0.4, -0.2) is 18.9 Å². The van der Waals surface area contributed by atoms with E-state index in [1.165, 1.54) is 16.9 Å². The van der Waals surface area contributed by atoms with Gasteiger partial charge in [-0.05, 0) is 73.2 Å². The van der Waals surface area contributed by atoms with Crippen LogP contribution in [0.4, 0.5) is 11.4 Å². The number of ether oxygens (including phenoxy) is 1. The van der Waals surface area contributed by atoms with Crippen LogP contribution >= 0.6 is 11.3 Å². The van der Waals surface area contributed by atoms with Gasteiger partial charge in [-0.3, -0.25) is 9.59 Å². The van der Waals surface area contributed by atoms with Crippen molar-refractivity contribution in [2.45, 2.75) is 26.2 Å². The molecule has 0 unspecified atom stereocenters. The molecular weight excluding hydrogens is 396 g/mol. The van der Waals surface area contributed by atoms with Crippen molar-refractivity contribution in [1.82, 2.24) is 0 Å². The van der Waals surface area contributed by atoms with Crippen LogP contribution in [0, 0.1) is 5.92 Å². The Hall–Kier alpha value is -3.12. The van der Waals surface area contributed by atoms with Gasteiger partial charge in [0.25, 0.3) is 11.8 Å². The Morgan fingerprint density at radius 1 is 1.03 bits per heavy atom. The lowest BCUT2D eigenvalue weighted by Gasteiger charge is -2.16. The first-order chi connectivity index (χ1) is 14.5. The van der Waals surface area contributed by atoms with E-state index in [2.05, 4.69) is 17.6 Å². The summed E-state index contributed by atoms with van der Waals surface area (Å²) in [4.78, 5) is 27.3. The van der Waals surface area contributed by atoms with E-state index in [1.54, 1.807) is 54.8 Å². The van der Waals surface area contributed by atoms with E-state index in [0.29, 0.717) is 28.6 Å². The number of hydrogen-bond donors (Lipinski definition) is 2. The molecule has 3 aromatic rings. The standard InChI is InChI=1S/C24H24N2O3S/c1-15-7-12-21-17(13-15)14-22(30-21)24(28)25-18-10-8-16(9-11-18)23(27)26-19-5-3-4-6-20(19)29-2/h3-6,8-11,14-15H,7,12-13H2,1-2H3,(H,25,28)(H,26,27)/t15-/m1/s1. The topological polar surface area (TPSA) is 67.4 Å². The van der Waals surface area contributed by atoms with Gasteiger partial charge in [-0.2, -0.15) is 0 Å². The number of amides is 2. The van der Waals surface area contributed by atoms with Crippen LogP contribution in [0.15, 0.2) is 54.6 Å². The van der Waals surface area contributed by atoms with Crippen molar-refractivity contribution in [1.29, 1.82) is 0 Å². The van der Waals surface area contributed by atoms with E-state index in [4.69, 9.17) is 4.74 Å². The minimum absolute atomic E-state index is 0.103. The van der Waals surface area contributed by atoms with Crippen molar-refractivity contribution < 1.29 is 14.3 Å². The molecule has 4 rings (SSSR count). The maximum atomic E-state index is 12.7. The molecule has 0 radical (unpaired) electrons.